The summed E-state index contributed by atoms with van der Waals surface area (Å²) in [6, 6.07) is 17.7. The first-order valence-electron chi connectivity index (χ1n) is 11.6. The minimum Gasteiger partial charge on any atom is -0.494 e. The first-order chi connectivity index (χ1) is 17.0. The van der Waals surface area contributed by atoms with Crippen LogP contribution in [0.3, 0.4) is 0 Å². The molecule has 0 bridgehead atoms. The molecule has 5 rings (SSSR count). The summed E-state index contributed by atoms with van der Waals surface area (Å²) in [5, 5.41) is 4.33. The van der Waals surface area contributed by atoms with Crippen LogP contribution >= 0.6 is 0 Å². The van der Waals surface area contributed by atoms with Crippen LogP contribution in [0.2, 0.25) is 0 Å². The number of anilines is 2. The van der Waals surface area contributed by atoms with E-state index in [1.54, 1.807) is 12.7 Å². The van der Waals surface area contributed by atoms with Crippen LogP contribution in [0.4, 0.5) is 11.5 Å². The predicted molar refractivity (Wildman–Crippen MR) is 139 cm³/mol. The molecule has 0 unspecified atom stereocenters. The maximum atomic E-state index is 6.12. The van der Waals surface area contributed by atoms with Crippen LogP contribution < -0.4 is 14.8 Å². The Bertz CT molecular complexity index is 1460. The molecule has 0 aliphatic heterocycles. The van der Waals surface area contributed by atoms with Gasteiger partial charge < -0.3 is 24.7 Å². The normalized spacial score (nSPS) is 11.3. The molecule has 2 aromatic heterocycles. The number of nitrogens with zero attached hydrogens (tertiary/aromatic N) is 4. The first kappa shape index (κ1) is 22.6. The van der Waals surface area contributed by atoms with E-state index in [9.17, 15) is 0 Å². The molecule has 0 saturated carbocycles. The standard InChI is InChI=1S/C27H28N6O2/c1-18-13-19(5-10-26(18)35-21-7-9-24-25(15-21)30-16-29-24)32-27-22-14-20(34-12-4-11-33(2)3)6-8-23(22)28-17-31-27/h5-10,13-17H,4,11-12H2,1-3H3,(H,29,30)(H,28,31,32). The smallest absolute Gasteiger partial charge is 0.141 e. The number of H-pyrrole nitrogens is 1. The minimum absolute atomic E-state index is 0.661. The van der Waals surface area contributed by atoms with Crippen molar-refractivity contribution in [2.24, 2.45) is 0 Å². The zero-order valence-electron chi connectivity index (χ0n) is 20.1. The van der Waals surface area contributed by atoms with Crippen LogP contribution in [-0.4, -0.2) is 52.1 Å². The van der Waals surface area contributed by atoms with E-state index in [4.69, 9.17) is 9.47 Å². The largest absolute Gasteiger partial charge is 0.494 e. The number of hydrogen-bond acceptors (Lipinski definition) is 7. The molecule has 0 amide bonds. The van der Waals surface area contributed by atoms with Crippen molar-refractivity contribution in [3.8, 4) is 17.2 Å². The van der Waals surface area contributed by atoms with Crippen LogP contribution in [0.25, 0.3) is 21.9 Å². The van der Waals surface area contributed by atoms with E-state index >= 15 is 0 Å². The van der Waals surface area contributed by atoms with Crippen molar-refractivity contribution in [1.82, 2.24) is 24.8 Å². The monoisotopic (exact) mass is 468 g/mol. The summed E-state index contributed by atoms with van der Waals surface area (Å²) in [7, 11) is 4.12. The van der Waals surface area contributed by atoms with Gasteiger partial charge in [0, 0.05) is 23.7 Å². The molecule has 0 spiro atoms. The van der Waals surface area contributed by atoms with E-state index in [2.05, 4.69) is 44.2 Å². The molecule has 0 aliphatic carbocycles. The number of imidazole rings is 1. The second kappa shape index (κ2) is 9.99. The van der Waals surface area contributed by atoms with Gasteiger partial charge in [0.15, 0.2) is 0 Å². The molecule has 0 aliphatic rings. The average Bonchev–Trinajstić information content (AvgIpc) is 3.32. The lowest BCUT2D eigenvalue weighted by atomic mass is 10.2. The van der Waals surface area contributed by atoms with Gasteiger partial charge in [-0.3, -0.25) is 0 Å². The second-order valence-corrected chi connectivity index (χ2v) is 8.70. The maximum absolute atomic E-state index is 6.12. The molecule has 0 radical (unpaired) electrons. The van der Waals surface area contributed by atoms with E-state index in [0.29, 0.717) is 6.61 Å². The van der Waals surface area contributed by atoms with E-state index in [0.717, 1.165) is 69.2 Å². The summed E-state index contributed by atoms with van der Waals surface area (Å²) in [4.78, 5) is 18.4. The Labute approximate surface area is 204 Å². The van der Waals surface area contributed by atoms with Crippen LogP contribution in [-0.2, 0) is 0 Å². The number of aromatic nitrogens is 4. The van der Waals surface area contributed by atoms with Crippen molar-refractivity contribution in [1.29, 1.82) is 0 Å². The predicted octanol–water partition coefficient (Wildman–Crippen LogP) is 5.68. The SMILES string of the molecule is Cc1cc(Nc2ncnc3ccc(OCCCN(C)C)cc23)ccc1Oc1ccc2nc[nH]c2c1. The fraction of sp³-hybridized carbons (Fsp3) is 0.222. The van der Waals surface area contributed by atoms with Gasteiger partial charge in [-0.2, -0.15) is 0 Å². The van der Waals surface area contributed by atoms with Gasteiger partial charge in [0.2, 0.25) is 0 Å². The number of fused-ring (bicyclic) bond motifs is 2. The number of rotatable bonds is 9. The number of aromatic amines is 1. The average molecular weight is 469 g/mol. The number of benzene rings is 3. The van der Waals surface area contributed by atoms with E-state index in [1.165, 1.54) is 0 Å². The molecule has 3 aromatic carbocycles. The highest BCUT2D eigenvalue weighted by Crippen LogP contribution is 2.31. The molecule has 35 heavy (non-hydrogen) atoms. The molecular formula is C27H28N6O2. The summed E-state index contributed by atoms with van der Waals surface area (Å²) in [6.45, 7) is 3.67. The van der Waals surface area contributed by atoms with E-state index in [-0.39, 0.29) is 0 Å². The van der Waals surface area contributed by atoms with Crippen molar-refractivity contribution >= 4 is 33.4 Å². The molecule has 178 valence electrons. The summed E-state index contributed by atoms with van der Waals surface area (Å²) < 4.78 is 12.1. The van der Waals surface area contributed by atoms with Crippen LogP contribution in [0.5, 0.6) is 17.2 Å². The van der Waals surface area contributed by atoms with Crippen molar-refractivity contribution in [3.63, 3.8) is 0 Å². The molecular weight excluding hydrogens is 440 g/mol. The Morgan fingerprint density at radius 3 is 2.63 bits per heavy atom. The number of ether oxygens (including phenoxy) is 2. The molecule has 8 nitrogen and oxygen atoms in total. The third-order valence-electron chi connectivity index (χ3n) is 5.68. The quantitative estimate of drug-likeness (QED) is 0.269. The third kappa shape index (κ3) is 5.33. The van der Waals surface area contributed by atoms with E-state index < -0.39 is 0 Å². The van der Waals surface area contributed by atoms with Gasteiger partial charge in [0.05, 0.1) is 29.5 Å². The second-order valence-electron chi connectivity index (χ2n) is 8.70. The van der Waals surface area contributed by atoms with Gasteiger partial charge in [-0.25, -0.2) is 15.0 Å². The molecule has 0 atom stereocenters. The number of aryl methyl sites for hydroxylation is 1. The lowest BCUT2D eigenvalue weighted by Gasteiger charge is -2.13. The van der Waals surface area contributed by atoms with Gasteiger partial charge in [0.1, 0.15) is 29.4 Å². The highest BCUT2D eigenvalue weighted by Gasteiger charge is 2.09. The van der Waals surface area contributed by atoms with Crippen molar-refractivity contribution in [2.45, 2.75) is 13.3 Å². The Kier molecular flexibility index (Phi) is 6.45. The highest BCUT2D eigenvalue weighted by molar-refractivity contribution is 5.91. The molecule has 0 saturated heterocycles. The molecule has 8 heteroatoms. The molecule has 2 N–H and O–H groups in total. The van der Waals surface area contributed by atoms with Gasteiger partial charge >= 0.3 is 0 Å². The Morgan fingerprint density at radius 2 is 1.77 bits per heavy atom. The number of hydrogen-bond donors (Lipinski definition) is 2. The van der Waals surface area contributed by atoms with Crippen molar-refractivity contribution in [3.05, 3.63) is 72.8 Å². The third-order valence-corrected chi connectivity index (χ3v) is 5.68. The Balaban J connectivity index is 1.32. The summed E-state index contributed by atoms with van der Waals surface area (Å²) in [6.07, 6.45) is 4.21. The molecule has 5 aromatic rings. The molecule has 0 fully saturated rings. The number of nitrogens with one attached hydrogen (secondary N) is 2. The van der Waals surface area contributed by atoms with Crippen LogP contribution in [0, 0.1) is 6.92 Å². The molecule has 2 heterocycles. The fourth-order valence-electron chi connectivity index (χ4n) is 3.88. The minimum atomic E-state index is 0.661. The Hall–Kier alpha value is -4.17. The maximum Gasteiger partial charge on any atom is 0.141 e. The van der Waals surface area contributed by atoms with Crippen molar-refractivity contribution < 1.29 is 9.47 Å². The lowest BCUT2D eigenvalue weighted by Crippen LogP contribution is -2.15. The lowest BCUT2D eigenvalue weighted by molar-refractivity contribution is 0.282. The zero-order chi connectivity index (χ0) is 24.2. The van der Waals surface area contributed by atoms with Crippen LogP contribution in [0.15, 0.2) is 67.3 Å². The van der Waals surface area contributed by atoms with Gasteiger partial charge in [-0.15, -0.1) is 0 Å². The zero-order valence-corrected chi connectivity index (χ0v) is 20.1. The van der Waals surface area contributed by atoms with Crippen LogP contribution in [0.1, 0.15) is 12.0 Å². The topological polar surface area (TPSA) is 88.2 Å². The first-order valence-corrected chi connectivity index (χ1v) is 11.6. The summed E-state index contributed by atoms with van der Waals surface area (Å²) in [5.41, 5.74) is 4.62. The van der Waals surface area contributed by atoms with Gasteiger partial charge in [-0.05, 0) is 81.5 Å². The highest BCUT2D eigenvalue weighted by atomic mass is 16.5. The Morgan fingerprint density at radius 1 is 0.914 bits per heavy atom. The fourth-order valence-corrected chi connectivity index (χ4v) is 3.88. The summed E-state index contributed by atoms with van der Waals surface area (Å²) >= 11 is 0. The van der Waals surface area contributed by atoms with Gasteiger partial charge in [0.25, 0.3) is 0 Å². The summed E-state index contributed by atoms with van der Waals surface area (Å²) in [5.74, 6) is 3.08. The van der Waals surface area contributed by atoms with E-state index in [1.807, 2.05) is 61.5 Å². The van der Waals surface area contributed by atoms with Crippen molar-refractivity contribution in [2.75, 3.05) is 32.6 Å². The van der Waals surface area contributed by atoms with Gasteiger partial charge in [-0.1, -0.05) is 0 Å².